The highest BCUT2D eigenvalue weighted by atomic mass is 16.7. The van der Waals surface area contributed by atoms with Gasteiger partial charge in [-0.15, -0.1) is 0 Å². The monoisotopic (exact) mass is 438 g/mol. The van der Waals surface area contributed by atoms with E-state index in [2.05, 4.69) is 10.6 Å². The maximum Gasteiger partial charge on any atom is 0.333 e. The molecule has 2 rings (SSSR count). The van der Waals surface area contributed by atoms with Gasteiger partial charge in [0.25, 0.3) is 0 Å². The van der Waals surface area contributed by atoms with E-state index >= 15 is 0 Å². The fraction of sp³-hybridized carbons (Fsp3) is 0.500. The third-order valence-electron chi connectivity index (χ3n) is 4.32. The Balaban J connectivity index is 2.20. The lowest BCUT2D eigenvalue weighted by Crippen LogP contribution is -2.42. The second-order valence-corrected chi connectivity index (χ2v) is 7.28. The molecule has 4 N–H and O–H groups in total. The van der Waals surface area contributed by atoms with Crippen LogP contribution in [-0.4, -0.2) is 59.5 Å². The summed E-state index contributed by atoms with van der Waals surface area (Å²) in [6.07, 6.45) is -2.92. The molecule has 3 unspecified atom stereocenters. The van der Waals surface area contributed by atoms with Crippen LogP contribution >= 0.6 is 0 Å². The lowest BCUT2D eigenvalue weighted by molar-refractivity contribution is -0.195. The van der Waals surface area contributed by atoms with Gasteiger partial charge in [-0.2, -0.15) is 0 Å². The Bertz CT molecular complexity index is 812. The Morgan fingerprint density at radius 2 is 2.03 bits per heavy atom. The fourth-order valence-corrected chi connectivity index (χ4v) is 2.74. The number of rotatable bonds is 10. The van der Waals surface area contributed by atoms with Crippen LogP contribution in [0, 0.1) is 5.92 Å². The van der Waals surface area contributed by atoms with Crippen LogP contribution in [0.15, 0.2) is 18.2 Å². The van der Waals surface area contributed by atoms with Gasteiger partial charge in [-0.05, 0) is 17.7 Å². The Labute approximate surface area is 178 Å². The standard InChI is InChI=1S/C20H26N2O9/c1-11(2)20(28)29-9-12-3-4-14(22-17(25)8-21-10-23)15(5-12)30-18-7-13(24)6-16(31-18)19(26)27/h3-5,10-11,13,16,18,24H,6-9H2,1-2H3,(H,21,23)(H,22,25)(H,26,27). The predicted molar refractivity (Wildman–Crippen MR) is 106 cm³/mol. The van der Waals surface area contributed by atoms with Gasteiger partial charge in [-0.25, -0.2) is 4.79 Å². The minimum absolute atomic E-state index is 0.0242. The molecule has 0 bridgehead atoms. The Morgan fingerprint density at radius 3 is 2.68 bits per heavy atom. The first-order chi connectivity index (χ1) is 14.7. The number of aliphatic hydroxyl groups excluding tert-OH is 1. The van der Waals surface area contributed by atoms with Gasteiger partial charge < -0.3 is 35.1 Å². The third kappa shape index (κ3) is 7.54. The number of anilines is 1. The molecule has 31 heavy (non-hydrogen) atoms. The topological polar surface area (TPSA) is 160 Å². The number of carboxylic acid groups (broad SMARTS) is 1. The summed E-state index contributed by atoms with van der Waals surface area (Å²) >= 11 is 0. The number of carbonyl (C=O) groups is 4. The highest BCUT2D eigenvalue weighted by Crippen LogP contribution is 2.30. The first-order valence-corrected chi connectivity index (χ1v) is 9.69. The Kier molecular flexibility index (Phi) is 8.76. The van der Waals surface area contributed by atoms with Gasteiger partial charge in [0.05, 0.1) is 24.3 Å². The van der Waals surface area contributed by atoms with Crippen LogP contribution in [0.4, 0.5) is 5.69 Å². The number of hydrogen-bond donors (Lipinski definition) is 4. The molecule has 1 heterocycles. The number of amides is 2. The molecule has 1 saturated heterocycles. The number of carboxylic acids is 1. The molecule has 1 aliphatic heterocycles. The van der Waals surface area contributed by atoms with Crippen molar-refractivity contribution in [3.63, 3.8) is 0 Å². The summed E-state index contributed by atoms with van der Waals surface area (Å²) in [5.41, 5.74) is 0.784. The van der Waals surface area contributed by atoms with Gasteiger partial charge in [0, 0.05) is 12.8 Å². The molecule has 11 nitrogen and oxygen atoms in total. The predicted octanol–water partition coefficient (Wildman–Crippen LogP) is 0.400. The van der Waals surface area contributed by atoms with E-state index in [1.54, 1.807) is 19.9 Å². The second-order valence-electron chi connectivity index (χ2n) is 7.28. The number of esters is 1. The molecule has 1 aromatic carbocycles. The quantitative estimate of drug-likeness (QED) is 0.299. The molecule has 0 aromatic heterocycles. The number of ether oxygens (including phenoxy) is 3. The molecule has 3 atom stereocenters. The molecule has 1 fully saturated rings. The summed E-state index contributed by atoms with van der Waals surface area (Å²) in [5.74, 6) is -2.31. The average molecular weight is 438 g/mol. The van der Waals surface area contributed by atoms with Crippen LogP contribution in [0.5, 0.6) is 5.75 Å². The van der Waals surface area contributed by atoms with E-state index in [0.717, 1.165) is 0 Å². The van der Waals surface area contributed by atoms with Gasteiger partial charge in [0.15, 0.2) is 6.10 Å². The number of carbonyl (C=O) groups excluding carboxylic acids is 3. The minimum atomic E-state index is -1.24. The zero-order valence-corrected chi connectivity index (χ0v) is 17.2. The molecule has 0 saturated carbocycles. The number of hydrogen-bond acceptors (Lipinski definition) is 8. The van der Waals surface area contributed by atoms with Crippen LogP contribution in [0.25, 0.3) is 0 Å². The first kappa shape index (κ1) is 24.1. The van der Waals surface area contributed by atoms with Crippen LogP contribution in [-0.2, 0) is 35.3 Å². The maximum atomic E-state index is 12.0. The number of benzene rings is 1. The number of nitrogens with one attached hydrogen (secondary N) is 2. The molecule has 0 aliphatic carbocycles. The van der Waals surface area contributed by atoms with E-state index in [0.29, 0.717) is 12.0 Å². The minimum Gasteiger partial charge on any atom is -0.479 e. The average Bonchev–Trinajstić information content (AvgIpc) is 2.71. The van der Waals surface area contributed by atoms with Gasteiger partial charge in [-0.3, -0.25) is 14.4 Å². The van der Waals surface area contributed by atoms with Crippen molar-refractivity contribution >= 4 is 29.9 Å². The highest BCUT2D eigenvalue weighted by Gasteiger charge is 2.34. The van der Waals surface area contributed by atoms with Gasteiger partial charge in [-0.1, -0.05) is 19.9 Å². The van der Waals surface area contributed by atoms with Gasteiger partial charge >= 0.3 is 11.9 Å². The van der Waals surface area contributed by atoms with Crippen LogP contribution in [0.3, 0.4) is 0 Å². The maximum absolute atomic E-state index is 12.0. The summed E-state index contributed by atoms with van der Waals surface area (Å²) in [6.45, 7) is 3.09. The van der Waals surface area contributed by atoms with Crippen molar-refractivity contribution in [2.45, 2.75) is 51.8 Å². The molecular weight excluding hydrogens is 412 g/mol. The fourth-order valence-electron chi connectivity index (χ4n) is 2.74. The molecule has 0 radical (unpaired) electrons. The molecule has 1 aliphatic rings. The van der Waals surface area contributed by atoms with Crippen molar-refractivity contribution in [1.29, 1.82) is 0 Å². The first-order valence-electron chi connectivity index (χ1n) is 9.69. The van der Waals surface area contributed by atoms with Crippen molar-refractivity contribution in [3.8, 4) is 5.75 Å². The smallest absolute Gasteiger partial charge is 0.333 e. The molecule has 170 valence electrons. The summed E-state index contributed by atoms with van der Waals surface area (Å²) in [6, 6.07) is 4.64. The summed E-state index contributed by atoms with van der Waals surface area (Å²) < 4.78 is 16.3. The zero-order chi connectivity index (χ0) is 23.0. The van der Waals surface area contributed by atoms with Gasteiger partial charge in [0.1, 0.15) is 12.4 Å². The van der Waals surface area contributed by atoms with Crippen molar-refractivity contribution < 1.29 is 43.6 Å². The molecule has 2 amide bonds. The van der Waals surface area contributed by atoms with E-state index < -0.39 is 30.4 Å². The van der Waals surface area contributed by atoms with Crippen LogP contribution < -0.4 is 15.4 Å². The van der Waals surface area contributed by atoms with Crippen molar-refractivity contribution in [1.82, 2.24) is 5.32 Å². The summed E-state index contributed by atoms with van der Waals surface area (Å²) in [5, 5.41) is 23.9. The zero-order valence-electron chi connectivity index (χ0n) is 17.2. The summed E-state index contributed by atoms with van der Waals surface area (Å²) in [7, 11) is 0. The summed E-state index contributed by atoms with van der Waals surface area (Å²) in [4.78, 5) is 45.3. The van der Waals surface area contributed by atoms with E-state index in [9.17, 15) is 29.4 Å². The molecule has 11 heteroatoms. The molecule has 0 spiro atoms. The SMILES string of the molecule is CC(C)C(=O)OCc1ccc(NC(=O)CNC=O)c(OC2CC(O)CC(C(=O)O)O2)c1. The van der Waals surface area contributed by atoms with Crippen molar-refractivity contribution in [2.75, 3.05) is 11.9 Å². The Hall–Kier alpha value is -3.18. The Morgan fingerprint density at radius 1 is 1.29 bits per heavy atom. The third-order valence-corrected chi connectivity index (χ3v) is 4.32. The van der Waals surface area contributed by atoms with Crippen LogP contribution in [0.1, 0.15) is 32.3 Å². The van der Waals surface area contributed by atoms with Gasteiger partial charge in [0.2, 0.25) is 18.6 Å². The lowest BCUT2D eigenvalue weighted by Gasteiger charge is -2.31. The lowest BCUT2D eigenvalue weighted by atomic mass is 10.1. The van der Waals surface area contributed by atoms with E-state index in [1.807, 2.05) is 0 Å². The van der Waals surface area contributed by atoms with Crippen molar-refractivity contribution in [3.05, 3.63) is 23.8 Å². The van der Waals surface area contributed by atoms with Crippen molar-refractivity contribution in [2.24, 2.45) is 5.92 Å². The second kappa shape index (κ2) is 11.3. The van der Waals surface area contributed by atoms with E-state index in [-0.39, 0.29) is 49.3 Å². The number of aliphatic hydroxyl groups is 1. The molecule has 1 aromatic rings. The molecular formula is C20H26N2O9. The normalized spacial score (nSPS) is 20.6. The van der Waals surface area contributed by atoms with Crippen LogP contribution in [0.2, 0.25) is 0 Å². The van der Waals surface area contributed by atoms with E-state index in [1.165, 1.54) is 12.1 Å². The number of aliphatic carboxylic acids is 1. The highest BCUT2D eigenvalue weighted by molar-refractivity contribution is 5.94. The van der Waals surface area contributed by atoms with E-state index in [4.69, 9.17) is 14.2 Å². The largest absolute Gasteiger partial charge is 0.479 e.